The van der Waals surface area contributed by atoms with Gasteiger partial charge in [-0.2, -0.15) is 0 Å². The maximum Gasteiger partial charge on any atom is 0.164 e. The molecule has 0 saturated carbocycles. The lowest BCUT2D eigenvalue weighted by Crippen LogP contribution is -2.28. The van der Waals surface area contributed by atoms with Crippen molar-refractivity contribution < 1.29 is 0 Å². The highest BCUT2D eigenvalue weighted by molar-refractivity contribution is 6.08. The molecule has 1 aliphatic carbocycles. The van der Waals surface area contributed by atoms with E-state index in [9.17, 15) is 0 Å². The second-order valence-corrected chi connectivity index (χ2v) is 13.2. The van der Waals surface area contributed by atoms with Crippen LogP contribution in [0.25, 0.3) is 66.8 Å². The molecule has 51 heavy (non-hydrogen) atoms. The highest BCUT2D eigenvalue weighted by Crippen LogP contribution is 2.58. The average molecular weight is 650 g/mol. The maximum atomic E-state index is 5.20. The summed E-state index contributed by atoms with van der Waals surface area (Å²) in [5.41, 5.74) is 10.0. The van der Waals surface area contributed by atoms with Crippen LogP contribution in [-0.4, -0.2) is 15.0 Å². The molecule has 8 aromatic carbocycles. The fourth-order valence-electron chi connectivity index (χ4n) is 8.16. The molecule has 0 unspecified atom stereocenters. The SMILES string of the molecule is c1ccc(-c2nc(-c3ccc4ccccc4c3)nc(-c3cccc4c5c(ccc34)C(c3ccccc3)(c3ccccc3)c3ccccc3-5)n2)cc1. The van der Waals surface area contributed by atoms with Crippen LogP contribution in [0.3, 0.4) is 0 Å². The van der Waals surface area contributed by atoms with Crippen LogP contribution in [-0.2, 0) is 5.41 Å². The van der Waals surface area contributed by atoms with E-state index in [1.54, 1.807) is 0 Å². The molecule has 238 valence electrons. The van der Waals surface area contributed by atoms with Crippen molar-refractivity contribution in [1.29, 1.82) is 0 Å². The summed E-state index contributed by atoms with van der Waals surface area (Å²) in [4.78, 5) is 15.4. The lowest BCUT2D eigenvalue weighted by molar-refractivity contribution is 0.769. The summed E-state index contributed by atoms with van der Waals surface area (Å²) in [5.74, 6) is 1.96. The maximum absolute atomic E-state index is 5.20. The summed E-state index contributed by atoms with van der Waals surface area (Å²) in [6, 6.07) is 66.9. The summed E-state index contributed by atoms with van der Waals surface area (Å²) in [5, 5.41) is 4.62. The highest BCUT2D eigenvalue weighted by Gasteiger charge is 2.46. The van der Waals surface area contributed by atoms with Crippen molar-refractivity contribution >= 4 is 21.5 Å². The average Bonchev–Trinajstić information content (AvgIpc) is 3.53. The van der Waals surface area contributed by atoms with Gasteiger partial charge in [-0.1, -0.05) is 182 Å². The van der Waals surface area contributed by atoms with Crippen molar-refractivity contribution in [2.45, 2.75) is 5.41 Å². The Balaban J connectivity index is 1.24. The molecule has 1 heterocycles. The van der Waals surface area contributed by atoms with E-state index in [2.05, 4.69) is 170 Å². The molecule has 0 fully saturated rings. The molecule has 0 bridgehead atoms. The van der Waals surface area contributed by atoms with Gasteiger partial charge in [0.05, 0.1) is 5.41 Å². The molecule has 0 saturated heterocycles. The van der Waals surface area contributed by atoms with Crippen LogP contribution >= 0.6 is 0 Å². The van der Waals surface area contributed by atoms with E-state index < -0.39 is 5.41 Å². The Hall–Kier alpha value is -6.71. The van der Waals surface area contributed by atoms with E-state index >= 15 is 0 Å². The van der Waals surface area contributed by atoms with Crippen LogP contribution in [0.4, 0.5) is 0 Å². The zero-order valence-corrected chi connectivity index (χ0v) is 27.7. The summed E-state index contributed by atoms with van der Waals surface area (Å²) in [6.07, 6.45) is 0. The topological polar surface area (TPSA) is 38.7 Å². The standard InChI is InChI=1S/C48H31N3/c1-4-16-33(17-5-1)45-49-46(35-28-27-32-15-10-11-18-34(32)31-35)51-47(50-45)40-25-14-24-39-38(40)29-30-43-44(39)41-23-12-13-26-42(41)48(43,36-19-6-2-7-20-36)37-21-8-3-9-22-37/h1-31H. The van der Waals surface area contributed by atoms with Crippen LogP contribution in [0.1, 0.15) is 22.3 Å². The van der Waals surface area contributed by atoms with Gasteiger partial charge in [0.15, 0.2) is 17.5 Å². The minimum atomic E-state index is -0.463. The van der Waals surface area contributed by atoms with Gasteiger partial charge in [0, 0.05) is 16.7 Å². The second kappa shape index (κ2) is 11.7. The van der Waals surface area contributed by atoms with Gasteiger partial charge in [-0.25, -0.2) is 15.0 Å². The Kier molecular flexibility index (Phi) is 6.71. The molecule has 1 aromatic heterocycles. The second-order valence-electron chi connectivity index (χ2n) is 13.2. The molecule has 3 heteroatoms. The van der Waals surface area contributed by atoms with E-state index in [0.29, 0.717) is 17.5 Å². The van der Waals surface area contributed by atoms with Gasteiger partial charge in [-0.3, -0.25) is 0 Å². The van der Waals surface area contributed by atoms with E-state index in [-0.39, 0.29) is 0 Å². The predicted octanol–water partition coefficient (Wildman–Crippen LogP) is 11.5. The molecule has 0 radical (unpaired) electrons. The van der Waals surface area contributed by atoms with Crippen molar-refractivity contribution in [3.05, 3.63) is 210 Å². The molecule has 0 N–H and O–H groups in total. The number of hydrogen-bond donors (Lipinski definition) is 0. The molecule has 0 amide bonds. The van der Waals surface area contributed by atoms with E-state index in [1.807, 2.05) is 18.2 Å². The summed E-state index contributed by atoms with van der Waals surface area (Å²) in [6.45, 7) is 0. The van der Waals surface area contributed by atoms with Crippen LogP contribution in [0.2, 0.25) is 0 Å². The largest absolute Gasteiger partial charge is 0.208 e. The molecule has 0 aliphatic heterocycles. The number of benzene rings is 8. The normalized spacial score (nSPS) is 12.9. The first-order chi connectivity index (χ1) is 25.3. The quantitative estimate of drug-likeness (QED) is 0.186. The third-order valence-electron chi connectivity index (χ3n) is 10.4. The minimum Gasteiger partial charge on any atom is -0.208 e. The van der Waals surface area contributed by atoms with Gasteiger partial charge in [0.2, 0.25) is 0 Å². The van der Waals surface area contributed by atoms with Gasteiger partial charge in [-0.05, 0) is 61.0 Å². The van der Waals surface area contributed by atoms with Gasteiger partial charge in [-0.15, -0.1) is 0 Å². The number of hydrogen-bond acceptors (Lipinski definition) is 3. The van der Waals surface area contributed by atoms with E-state index in [0.717, 1.165) is 27.5 Å². The van der Waals surface area contributed by atoms with Gasteiger partial charge >= 0.3 is 0 Å². The Morgan fingerprint density at radius 1 is 0.333 bits per heavy atom. The Labute approximate surface area is 296 Å². The number of aromatic nitrogens is 3. The van der Waals surface area contributed by atoms with Gasteiger partial charge < -0.3 is 0 Å². The first kappa shape index (κ1) is 29.2. The summed E-state index contributed by atoms with van der Waals surface area (Å²) >= 11 is 0. The Bertz CT molecular complexity index is 2700. The lowest BCUT2D eigenvalue weighted by Gasteiger charge is -2.34. The number of nitrogens with zero attached hydrogens (tertiary/aromatic N) is 3. The highest BCUT2D eigenvalue weighted by atomic mass is 15.0. The third-order valence-corrected chi connectivity index (χ3v) is 10.4. The van der Waals surface area contributed by atoms with Crippen LogP contribution in [0, 0.1) is 0 Å². The molecule has 1 aliphatic rings. The van der Waals surface area contributed by atoms with Crippen molar-refractivity contribution in [2.75, 3.05) is 0 Å². The van der Waals surface area contributed by atoms with Crippen molar-refractivity contribution in [1.82, 2.24) is 15.0 Å². The fourth-order valence-corrected chi connectivity index (χ4v) is 8.16. The smallest absolute Gasteiger partial charge is 0.164 e. The number of fused-ring (bicyclic) bond motifs is 6. The monoisotopic (exact) mass is 649 g/mol. The first-order valence-electron chi connectivity index (χ1n) is 17.4. The van der Waals surface area contributed by atoms with Crippen molar-refractivity contribution in [3.63, 3.8) is 0 Å². The van der Waals surface area contributed by atoms with Crippen molar-refractivity contribution in [2.24, 2.45) is 0 Å². The molecule has 0 spiro atoms. The lowest BCUT2D eigenvalue weighted by atomic mass is 9.67. The van der Waals surface area contributed by atoms with Crippen LogP contribution in [0.15, 0.2) is 188 Å². The first-order valence-corrected chi connectivity index (χ1v) is 17.4. The fraction of sp³-hybridized carbons (Fsp3) is 0.0208. The number of rotatable bonds is 5. The zero-order chi connectivity index (χ0) is 33.8. The molecule has 10 rings (SSSR count). The van der Waals surface area contributed by atoms with Crippen molar-refractivity contribution in [3.8, 4) is 45.3 Å². The van der Waals surface area contributed by atoms with Gasteiger partial charge in [0.25, 0.3) is 0 Å². The summed E-state index contributed by atoms with van der Waals surface area (Å²) in [7, 11) is 0. The van der Waals surface area contributed by atoms with Crippen LogP contribution in [0.5, 0.6) is 0 Å². The van der Waals surface area contributed by atoms with E-state index in [4.69, 9.17) is 15.0 Å². The third kappa shape index (κ3) is 4.56. The summed E-state index contributed by atoms with van der Waals surface area (Å²) < 4.78 is 0. The Morgan fingerprint density at radius 3 is 1.67 bits per heavy atom. The molecule has 0 atom stereocenters. The predicted molar refractivity (Wildman–Crippen MR) is 208 cm³/mol. The molecule has 9 aromatic rings. The van der Waals surface area contributed by atoms with Crippen LogP contribution < -0.4 is 0 Å². The molecular formula is C48H31N3. The van der Waals surface area contributed by atoms with Gasteiger partial charge in [0.1, 0.15) is 0 Å². The molecular weight excluding hydrogens is 619 g/mol. The molecule has 3 nitrogen and oxygen atoms in total. The Morgan fingerprint density at radius 2 is 0.922 bits per heavy atom. The van der Waals surface area contributed by atoms with E-state index in [1.165, 1.54) is 44.2 Å². The minimum absolute atomic E-state index is 0.463. The zero-order valence-electron chi connectivity index (χ0n) is 27.7.